The van der Waals surface area contributed by atoms with Crippen LogP contribution in [0.3, 0.4) is 0 Å². The molecule has 0 bridgehead atoms. The summed E-state index contributed by atoms with van der Waals surface area (Å²) in [6.07, 6.45) is 3.58. The standard InChI is InChI=1S/C9H16O3/c1-4-5-10-6-8-7-11-9(2,3)12-8/h4-5,8H,6-7H2,1-3H3. The van der Waals surface area contributed by atoms with Crippen molar-refractivity contribution in [1.82, 2.24) is 0 Å². The van der Waals surface area contributed by atoms with Crippen LogP contribution < -0.4 is 0 Å². The minimum absolute atomic E-state index is 0.0659. The Bertz CT molecular complexity index is 163. The third-order valence-electron chi connectivity index (χ3n) is 1.58. The van der Waals surface area contributed by atoms with E-state index in [0.29, 0.717) is 13.2 Å². The fourth-order valence-electron chi connectivity index (χ4n) is 1.10. The molecule has 1 fully saturated rings. The second-order valence-corrected chi connectivity index (χ2v) is 3.25. The van der Waals surface area contributed by atoms with Gasteiger partial charge in [-0.2, -0.15) is 0 Å². The smallest absolute Gasteiger partial charge is 0.163 e. The lowest BCUT2D eigenvalue weighted by Crippen LogP contribution is -2.23. The monoisotopic (exact) mass is 172 g/mol. The Morgan fingerprint density at radius 1 is 1.58 bits per heavy atom. The van der Waals surface area contributed by atoms with Crippen molar-refractivity contribution in [2.75, 3.05) is 13.2 Å². The van der Waals surface area contributed by atoms with Crippen molar-refractivity contribution in [3.8, 4) is 0 Å². The SMILES string of the molecule is CC=COCC1COC(C)(C)O1. The van der Waals surface area contributed by atoms with Crippen LogP contribution in [-0.2, 0) is 14.2 Å². The first-order valence-corrected chi connectivity index (χ1v) is 4.18. The Labute approximate surface area is 73.3 Å². The molecule has 0 N–H and O–H groups in total. The lowest BCUT2D eigenvalue weighted by Gasteiger charge is -2.16. The molecule has 1 aliphatic rings. The largest absolute Gasteiger partial charge is 0.499 e. The molecule has 1 saturated heterocycles. The molecule has 0 spiro atoms. The fourth-order valence-corrected chi connectivity index (χ4v) is 1.10. The Balaban J connectivity index is 2.19. The molecule has 0 aromatic heterocycles. The molecule has 12 heavy (non-hydrogen) atoms. The minimum Gasteiger partial charge on any atom is -0.499 e. The van der Waals surface area contributed by atoms with Gasteiger partial charge >= 0.3 is 0 Å². The second kappa shape index (κ2) is 3.92. The van der Waals surface area contributed by atoms with E-state index in [1.54, 1.807) is 6.26 Å². The van der Waals surface area contributed by atoms with E-state index in [1.807, 2.05) is 26.8 Å². The first-order chi connectivity index (χ1) is 5.64. The van der Waals surface area contributed by atoms with Crippen LogP contribution in [0.5, 0.6) is 0 Å². The Morgan fingerprint density at radius 2 is 2.33 bits per heavy atom. The molecule has 0 saturated carbocycles. The molecular weight excluding hydrogens is 156 g/mol. The average molecular weight is 172 g/mol. The quantitative estimate of drug-likeness (QED) is 0.606. The van der Waals surface area contributed by atoms with Crippen molar-refractivity contribution in [2.24, 2.45) is 0 Å². The van der Waals surface area contributed by atoms with Gasteiger partial charge in [-0.05, 0) is 20.8 Å². The van der Waals surface area contributed by atoms with Crippen molar-refractivity contribution in [3.63, 3.8) is 0 Å². The van der Waals surface area contributed by atoms with E-state index in [9.17, 15) is 0 Å². The third-order valence-corrected chi connectivity index (χ3v) is 1.58. The summed E-state index contributed by atoms with van der Waals surface area (Å²) in [6.45, 7) is 6.90. The second-order valence-electron chi connectivity index (χ2n) is 3.25. The number of hydrogen-bond acceptors (Lipinski definition) is 3. The lowest BCUT2D eigenvalue weighted by atomic mass is 10.4. The van der Waals surface area contributed by atoms with E-state index in [4.69, 9.17) is 14.2 Å². The van der Waals surface area contributed by atoms with E-state index < -0.39 is 5.79 Å². The van der Waals surface area contributed by atoms with Gasteiger partial charge in [-0.1, -0.05) is 6.08 Å². The summed E-state index contributed by atoms with van der Waals surface area (Å²) in [4.78, 5) is 0. The summed E-state index contributed by atoms with van der Waals surface area (Å²) in [6, 6.07) is 0. The van der Waals surface area contributed by atoms with E-state index in [2.05, 4.69) is 0 Å². The normalized spacial score (nSPS) is 28.1. The van der Waals surface area contributed by atoms with E-state index in [-0.39, 0.29) is 6.10 Å². The topological polar surface area (TPSA) is 27.7 Å². The van der Waals surface area contributed by atoms with E-state index in [1.165, 1.54) is 0 Å². The van der Waals surface area contributed by atoms with Crippen LogP contribution in [0.2, 0.25) is 0 Å². The zero-order valence-corrected chi connectivity index (χ0v) is 7.87. The summed E-state index contributed by atoms with van der Waals surface area (Å²) in [5, 5.41) is 0. The van der Waals surface area contributed by atoms with Crippen LogP contribution in [0, 0.1) is 0 Å². The molecule has 3 heteroatoms. The molecule has 0 aromatic carbocycles. The number of hydrogen-bond donors (Lipinski definition) is 0. The van der Waals surface area contributed by atoms with Gasteiger partial charge in [0.05, 0.1) is 12.9 Å². The third kappa shape index (κ3) is 2.83. The first kappa shape index (κ1) is 9.55. The van der Waals surface area contributed by atoms with Gasteiger partial charge < -0.3 is 14.2 Å². The van der Waals surface area contributed by atoms with Crippen LogP contribution in [0.15, 0.2) is 12.3 Å². The molecule has 1 rings (SSSR count). The number of allylic oxidation sites excluding steroid dienone is 1. The Kier molecular flexibility index (Phi) is 3.12. The maximum absolute atomic E-state index is 5.51. The maximum atomic E-state index is 5.51. The maximum Gasteiger partial charge on any atom is 0.163 e. The minimum atomic E-state index is -0.441. The van der Waals surface area contributed by atoms with E-state index in [0.717, 1.165) is 0 Å². The summed E-state index contributed by atoms with van der Waals surface area (Å²) in [5.74, 6) is -0.441. The lowest BCUT2D eigenvalue weighted by molar-refractivity contribution is -0.142. The van der Waals surface area contributed by atoms with Crippen molar-refractivity contribution < 1.29 is 14.2 Å². The van der Waals surface area contributed by atoms with Gasteiger partial charge in [0.1, 0.15) is 12.7 Å². The highest BCUT2D eigenvalue weighted by molar-refractivity contribution is 4.72. The molecule has 70 valence electrons. The van der Waals surface area contributed by atoms with Gasteiger partial charge in [0.15, 0.2) is 5.79 Å². The summed E-state index contributed by atoms with van der Waals surface area (Å²) in [5.41, 5.74) is 0. The Hall–Kier alpha value is -0.540. The van der Waals surface area contributed by atoms with Gasteiger partial charge in [-0.15, -0.1) is 0 Å². The highest BCUT2D eigenvalue weighted by Gasteiger charge is 2.32. The predicted octanol–water partition coefficient (Wildman–Crippen LogP) is 1.69. The van der Waals surface area contributed by atoms with Crippen LogP contribution in [0.1, 0.15) is 20.8 Å². The van der Waals surface area contributed by atoms with Crippen LogP contribution in [0.4, 0.5) is 0 Å². The molecule has 1 atom stereocenters. The van der Waals surface area contributed by atoms with E-state index >= 15 is 0 Å². The highest BCUT2D eigenvalue weighted by atomic mass is 16.7. The fraction of sp³-hybridized carbons (Fsp3) is 0.778. The van der Waals surface area contributed by atoms with Crippen molar-refractivity contribution in [3.05, 3.63) is 12.3 Å². The van der Waals surface area contributed by atoms with Gasteiger partial charge in [0.25, 0.3) is 0 Å². The number of rotatable bonds is 3. The van der Waals surface area contributed by atoms with Gasteiger partial charge in [-0.3, -0.25) is 0 Å². The summed E-state index contributed by atoms with van der Waals surface area (Å²) < 4.78 is 16.0. The molecule has 1 aliphatic heterocycles. The van der Waals surface area contributed by atoms with Crippen molar-refractivity contribution in [1.29, 1.82) is 0 Å². The van der Waals surface area contributed by atoms with Crippen molar-refractivity contribution >= 4 is 0 Å². The van der Waals surface area contributed by atoms with Gasteiger partial charge in [0, 0.05) is 0 Å². The molecule has 0 radical (unpaired) electrons. The Morgan fingerprint density at radius 3 is 2.83 bits per heavy atom. The van der Waals surface area contributed by atoms with Gasteiger partial charge in [0.2, 0.25) is 0 Å². The van der Waals surface area contributed by atoms with Gasteiger partial charge in [-0.25, -0.2) is 0 Å². The molecule has 0 aromatic rings. The molecule has 1 unspecified atom stereocenters. The zero-order valence-electron chi connectivity index (χ0n) is 7.87. The molecule has 0 aliphatic carbocycles. The molecule has 1 heterocycles. The van der Waals surface area contributed by atoms with Crippen LogP contribution in [0.25, 0.3) is 0 Å². The van der Waals surface area contributed by atoms with Crippen LogP contribution >= 0.6 is 0 Å². The summed E-state index contributed by atoms with van der Waals surface area (Å²) >= 11 is 0. The highest BCUT2D eigenvalue weighted by Crippen LogP contribution is 2.22. The average Bonchev–Trinajstić information content (AvgIpc) is 2.31. The molecule has 0 amide bonds. The molecule has 3 nitrogen and oxygen atoms in total. The predicted molar refractivity (Wildman–Crippen MR) is 45.7 cm³/mol. The number of ether oxygens (including phenoxy) is 3. The molecular formula is C9H16O3. The first-order valence-electron chi connectivity index (χ1n) is 4.18. The zero-order chi connectivity index (χ0) is 9.03. The van der Waals surface area contributed by atoms with Crippen LogP contribution in [-0.4, -0.2) is 25.1 Å². The van der Waals surface area contributed by atoms with Crippen molar-refractivity contribution in [2.45, 2.75) is 32.7 Å². The summed E-state index contributed by atoms with van der Waals surface area (Å²) in [7, 11) is 0.